The molecule has 0 aliphatic carbocycles. The molecule has 110 valence electrons. The van der Waals surface area contributed by atoms with E-state index >= 15 is 0 Å². The Morgan fingerprint density at radius 2 is 1.68 bits per heavy atom. The maximum Gasteiger partial charge on any atom is 0.273 e. The third-order valence-electron chi connectivity index (χ3n) is 2.95. The average molecular weight is 295 g/mol. The third-order valence-corrected chi connectivity index (χ3v) is 2.95. The molecule has 22 heavy (non-hydrogen) atoms. The van der Waals surface area contributed by atoms with Crippen LogP contribution in [0.3, 0.4) is 0 Å². The second-order valence-corrected chi connectivity index (χ2v) is 4.54. The Morgan fingerprint density at radius 3 is 2.41 bits per heavy atom. The molecule has 0 saturated carbocycles. The van der Waals surface area contributed by atoms with Gasteiger partial charge in [-0.05, 0) is 24.3 Å². The molecule has 0 aliphatic rings. The normalized spacial score (nSPS) is 10.2. The molecule has 0 aliphatic heterocycles. The van der Waals surface area contributed by atoms with E-state index in [1.807, 2.05) is 36.4 Å². The number of nitrogens with one attached hydrogen (secondary N) is 3. The lowest BCUT2D eigenvalue weighted by Gasteiger charge is -2.11. The van der Waals surface area contributed by atoms with Crippen molar-refractivity contribution in [1.29, 1.82) is 0 Å². The fourth-order valence-corrected chi connectivity index (χ4v) is 1.92. The van der Waals surface area contributed by atoms with Crippen LogP contribution in [0.5, 0.6) is 11.5 Å². The second kappa shape index (κ2) is 6.01. The Hall–Kier alpha value is -3.28. The van der Waals surface area contributed by atoms with Gasteiger partial charge in [0.2, 0.25) is 0 Å². The summed E-state index contributed by atoms with van der Waals surface area (Å²) >= 11 is 0. The van der Waals surface area contributed by atoms with Gasteiger partial charge in [-0.1, -0.05) is 30.3 Å². The van der Waals surface area contributed by atoms with Crippen LogP contribution in [0.1, 0.15) is 10.5 Å². The zero-order valence-corrected chi connectivity index (χ0v) is 11.5. The summed E-state index contributed by atoms with van der Waals surface area (Å²) in [6.07, 6.45) is 0. The fourth-order valence-electron chi connectivity index (χ4n) is 1.92. The summed E-state index contributed by atoms with van der Waals surface area (Å²) in [6, 6.07) is 17.5. The van der Waals surface area contributed by atoms with Gasteiger partial charge in [-0.2, -0.15) is 0 Å². The van der Waals surface area contributed by atoms with E-state index < -0.39 is 5.91 Å². The molecule has 0 unspecified atom stereocenters. The number of hydrogen-bond acceptors (Lipinski definition) is 3. The number of anilines is 1. The van der Waals surface area contributed by atoms with Crippen LogP contribution in [0.15, 0.2) is 65.5 Å². The third kappa shape index (κ3) is 3.06. The van der Waals surface area contributed by atoms with E-state index in [0.29, 0.717) is 17.2 Å². The Balaban J connectivity index is 1.82. The molecule has 1 aromatic heterocycles. The molecule has 6 nitrogen and oxygen atoms in total. The number of para-hydroxylation sites is 3. The number of amides is 1. The van der Waals surface area contributed by atoms with Gasteiger partial charge in [0.05, 0.1) is 5.69 Å². The SMILES string of the molecule is O=C(Nc1ccccc1Oc1ccccc1)c1cc(=O)[nH][nH]1. The number of aromatic amines is 2. The lowest BCUT2D eigenvalue weighted by Crippen LogP contribution is -2.13. The van der Waals surface area contributed by atoms with Crippen molar-refractivity contribution in [3.05, 3.63) is 76.7 Å². The predicted octanol–water partition coefficient (Wildman–Crippen LogP) is 2.75. The van der Waals surface area contributed by atoms with E-state index in [9.17, 15) is 9.59 Å². The minimum Gasteiger partial charge on any atom is -0.455 e. The molecule has 6 heteroatoms. The predicted molar refractivity (Wildman–Crippen MR) is 82.3 cm³/mol. The van der Waals surface area contributed by atoms with Gasteiger partial charge in [0, 0.05) is 6.07 Å². The van der Waals surface area contributed by atoms with Gasteiger partial charge in [-0.25, -0.2) is 0 Å². The number of rotatable bonds is 4. The Bertz CT molecular complexity index is 837. The van der Waals surface area contributed by atoms with Gasteiger partial charge in [-0.15, -0.1) is 0 Å². The fraction of sp³-hybridized carbons (Fsp3) is 0. The van der Waals surface area contributed by atoms with Crippen molar-refractivity contribution < 1.29 is 9.53 Å². The zero-order chi connectivity index (χ0) is 15.4. The molecular formula is C16H13N3O3. The summed E-state index contributed by atoms with van der Waals surface area (Å²) in [5.74, 6) is 0.752. The smallest absolute Gasteiger partial charge is 0.273 e. The van der Waals surface area contributed by atoms with Crippen LogP contribution in [-0.2, 0) is 0 Å². The topological polar surface area (TPSA) is 87.0 Å². The first-order valence-corrected chi connectivity index (χ1v) is 6.63. The van der Waals surface area contributed by atoms with Crippen molar-refractivity contribution in [2.75, 3.05) is 5.32 Å². The van der Waals surface area contributed by atoms with Crippen molar-refractivity contribution in [1.82, 2.24) is 10.2 Å². The van der Waals surface area contributed by atoms with Gasteiger partial charge >= 0.3 is 0 Å². The van der Waals surface area contributed by atoms with Crippen LogP contribution >= 0.6 is 0 Å². The molecule has 0 saturated heterocycles. The van der Waals surface area contributed by atoms with Crippen molar-refractivity contribution in [2.24, 2.45) is 0 Å². The molecule has 0 atom stereocenters. The van der Waals surface area contributed by atoms with E-state index in [-0.39, 0.29) is 11.3 Å². The maximum absolute atomic E-state index is 12.1. The lowest BCUT2D eigenvalue weighted by molar-refractivity contribution is 0.102. The van der Waals surface area contributed by atoms with Crippen molar-refractivity contribution >= 4 is 11.6 Å². The first kappa shape index (κ1) is 13.7. The molecule has 0 spiro atoms. The standard InChI is InChI=1S/C16H13N3O3/c20-15-10-13(18-19-15)16(21)17-12-8-4-5-9-14(12)22-11-6-2-1-3-7-11/h1-10H,(H,17,21)(H2,18,19,20). The number of H-pyrrole nitrogens is 2. The van der Waals surface area contributed by atoms with Crippen LogP contribution < -0.4 is 15.6 Å². The molecule has 0 fully saturated rings. The van der Waals surface area contributed by atoms with E-state index in [1.54, 1.807) is 18.2 Å². The monoisotopic (exact) mass is 295 g/mol. The van der Waals surface area contributed by atoms with E-state index in [2.05, 4.69) is 15.5 Å². The van der Waals surface area contributed by atoms with Gasteiger partial charge in [0.15, 0.2) is 5.75 Å². The maximum atomic E-state index is 12.1. The van der Waals surface area contributed by atoms with Crippen LogP contribution in [0, 0.1) is 0 Å². The van der Waals surface area contributed by atoms with E-state index in [1.165, 1.54) is 6.07 Å². The van der Waals surface area contributed by atoms with Crippen molar-refractivity contribution in [3.63, 3.8) is 0 Å². The number of aromatic nitrogens is 2. The quantitative estimate of drug-likeness (QED) is 0.691. The van der Waals surface area contributed by atoms with Crippen LogP contribution in [0.25, 0.3) is 0 Å². The zero-order valence-electron chi connectivity index (χ0n) is 11.5. The molecule has 3 aromatic rings. The highest BCUT2D eigenvalue weighted by molar-refractivity contribution is 6.03. The highest BCUT2D eigenvalue weighted by Gasteiger charge is 2.11. The van der Waals surface area contributed by atoms with Crippen molar-refractivity contribution in [3.8, 4) is 11.5 Å². The summed E-state index contributed by atoms with van der Waals surface area (Å²) in [6.45, 7) is 0. The van der Waals surface area contributed by atoms with Crippen LogP contribution in [0.2, 0.25) is 0 Å². The molecule has 2 aromatic carbocycles. The highest BCUT2D eigenvalue weighted by atomic mass is 16.5. The summed E-state index contributed by atoms with van der Waals surface area (Å²) < 4.78 is 5.76. The summed E-state index contributed by atoms with van der Waals surface area (Å²) in [7, 11) is 0. The van der Waals surface area contributed by atoms with Crippen LogP contribution in [0.4, 0.5) is 5.69 Å². The highest BCUT2D eigenvalue weighted by Crippen LogP contribution is 2.29. The molecule has 0 radical (unpaired) electrons. The van der Waals surface area contributed by atoms with Gasteiger partial charge in [0.1, 0.15) is 11.4 Å². The summed E-state index contributed by atoms with van der Waals surface area (Å²) in [5.41, 5.74) is 0.303. The van der Waals surface area contributed by atoms with Gasteiger partial charge in [0.25, 0.3) is 11.5 Å². The van der Waals surface area contributed by atoms with Crippen molar-refractivity contribution in [2.45, 2.75) is 0 Å². The molecule has 3 rings (SSSR count). The van der Waals surface area contributed by atoms with E-state index in [0.717, 1.165) is 0 Å². The largest absolute Gasteiger partial charge is 0.455 e. The lowest BCUT2D eigenvalue weighted by atomic mass is 10.2. The summed E-state index contributed by atoms with van der Waals surface area (Å²) in [5, 5.41) is 7.53. The molecule has 3 N–H and O–H groups in total. The molecular weight excluding hydrogens is 282 g/mol. The molecule has 1 amide bonds. The molecule has 1 heterocycles. The average Bonchev–Trinajstić information content (AvgIpc) is 2.97. The molecule has 0 bridgehead atoms. The number of benzene rings is 2. The number of carbonyl (C=O) groups excluding carboxylic acids is 1. The minimum absolute atomic E-state index is 0.152. The van der Waals surface area contributed by atoms with Gasteiger partial charge in [-0.3, -0.25) is 19.8 Å². The van der Waals surface area contributed by atoms with Gasteiger partial charge < -0.3 is 10.1 Å². The Labute approximate surface area is 125 Å². The number of carbonyl (C=O) groups is 1. The second-order valence-electron chi connectivity index (χ2n) is 4.54. The first-order chi connectivity index (χ1) is 10.7. The van der Waals surface area contributed by atoms with Crippen LogP contribution in [-0.4, -0.2) is 16.1 Å². The van der Waals surface area contributed by atoms with E-state index in [4.69, 9.17) is 4.74 Å². The Kier molecular flexibility index (Phi) is 3.74. The minimum atomic E-state index is -0.428. The summed E-state index contributed by atoms with van der Waals surface area (Å²) in [4.78, 5) is 23.1. The number of hydrogen-bond donors (Lipinski definition) is 3. The number of ether oxygens (including phenoxy) is 1. The first-order valence-electron chi connectivity index (χ1n) is 6.63. The Morgan fingerprint density at radius 1 is 0.955 bits per heavy atom.